The Morgan fingerprint density at radius 2 is 1.85 bits per heavy atom. The Labute approximate surface area is 151 Å². The van der Waals surface area contributed by atoms with Crippen LogP contribution in [0.3, 0.4) is 0 Å². The number of nitrogens with zero attached hydrogens (tertiary/aromatic N) is 1. The molecule has 2 amide bonds. The number of benzene rings is 2. The van der Waals surface area contributed by atoms with E-state index in [0.717, 1.165) is 16.7 Å². The molecule has 6 heteroatoms. The number of anilines is 1. The van der Waals surface area contributed by atoms with E-state index >= 15 is 0 Å². The van der Waals surface area contributed by atoms with Gasteiger partial charge in [0.15, 0.2) is 0 Å². The van der Waals surface area contributed by atoms with Crippen molar-refractivity contribution < 1.29 is 14.3 Å². The van der Waals surface area contributed by atoms with Crippen LogP contribution in [-0.4, -0.2) is 41.9 Å². The Balaban J connectivity index is 1.62. The van der Waals surface area contributed by atoms with Crippen molar-refractivity contribution in [3.63, 3.8) is 0 Å². The minimum Gasteiger partial charge on any atom is -0.494 e. The first-order chi connectivity index (χ1) is 12.6. The summed E-state index contributed by atoms with van der Waals surface area (Å²) in [6, 6.07) is 14.7. The first-order valence-electron chi connectivity index (χ1n) is 8.42. The summed E-state index contributed by atoms with van der Waals surface area (Å²) in [4.78, 5) is 29.3. The van der Waals surface area contributed by atoms with E-state index in [1.54, 1.807) is 37.5 Å². The van der Waals surface area contributed by atoms with E-state index in [-0.39, 0.29) is 18.4 Å². The van der Waals surface area contributed by atoms with Crippen LogP contribution >= 0.6 is 0 Å². The zero-order chi connectivity index (χ0) is 18.5. The highest BCUT2D eigenvalue weighted by Crippen LogP contribution is 2.19. The Morgan fingerprint density at radius 1 is 1.12 bits per heavy atom. The van der Waals surface area contributed by atoms with Gasteiger partial charge in [0.25, 0.3) is 5.91 Å². The minimum atomic E-state index is -0.259. The van der Waals surface area contributed by atoms with Gasteiger partial charge in [-0.3, -0.25) is 9.59 Å². The number of amides is 2. The van der Waals surface area contributed by atoms with Gasteiger partial charge in [-0.15, -0.1) is 0 Å². The van der Waals surface area contributed by atoms with Crippen molar-refractivity contribution in [2.24, 2.45) is 0 Å². The number of aromatic amines is 1. The summed E-state index contributed by atoms with van der Waals surface area (Å²) < 4.78 is 5.37. The van der Waals surface area contributed by atoms with E-state index in [1.165, 1.54) is 4.90 Å². The second-order valence-corrected chi connectivity index (χ2v) is 5.91. The number of rotatable bonds is 6. The lowest BCUT2D eigenvalue weighted by Crippen LogP contribution is -2.34. The fourth-order valence-corrected chi connectivity index (χ4v) is 2.74. The molecule has 0 radical (unpaired) electrons. The van der Waals surface area contributed by atoms with Gasteiger partial charge in [0.2, 0.25) is 5.91 Å². The van der Waals surface area contributed by atoms with Crippen molar-refractivity contribution in [1.82, 2.24) is 9.88 Å². The zero-order valence-electron chi connectivity index (χ0n) is 14.8. The van der Waals surface area contributed by atoms with Gasteiger partial charge in [0.05, 0.1) is 18.7 Å². The molecule has 0 spiro atoms. The normalized spacial score (nSPS) is 10.5. The maximum absolute atomic E-state index is 12.6. The molecule has 3 aromatic rings. The number of hydrogen-bond donors (Lipinski definition) is 2. The molecule has 0 saturated carbocycles. The molecule has 134 valence electrons. The third-order valence-corrected chi connectivity index (χ3v) is 4.00. The van der Waals surface area contributed by atoms with E-state index in [2.05, 4.69) is 10.3 Å². The molecule has 0 fully saturated rings. The minimum absolute atomic E-state index is 0.0362. The molecule has 26 heavy (non-hydrogen) atoms. The summed E-state index contributed by atoms with van der Waals surface area (Å²) in [5, 5.41) is 3.63. The van der Waals surface area contributed by atoms with Crippen LogP contribution < -0.4 is 10.1 Å². The smallest absolute Gasteiger partial charge is 0.256 e. The molecule has 0 unspecified atom stereocenters. The number of hydrogen-bond acceptors (Lipinski definition) is 3. The van der Waals surface area contributed by atoms with Crippen LogP contribution in [0.1, 0.15) is 17.3 Å². The summed E-state index contributed by atoms with van der Waals surface area (Å²) in [7, 11) is 1.61. The first-order valence-corrected chi connectivity index (χ1v) is 8.42. The summed E-state index contributed by atoms with van der Waals surface area (Å²) in [6.07, 6.45) is 1.67. The average Bonchev–Trinajstić information content (AvgIpc) is 3.07. The standard InChI is InChI=1S/C20H21N3O3/c1-3-26-15-10-8-14(9-11-15)22-19(24)13-23(2)20(25)17-12-21-18-7-5-4-6-16(17)18/h4-12,21H,3,13H2,1-2H3,(H,22,24). The number of H-pyrrole nitrogens is 1. The highest BCUT2D eigenvalue weighted by Gasteiger charge is 2.18. The fraction of sp³-hybridized carbons (Fsp3) is 0.200. The van der Waals surface area contributed by atoms with Gasteiger partial charge in [-0.25, -0.2) is 0 Å². The van der Waals surface area contributed by atoms with E-state index in [0.29, 0.717) is 17.9 Å². The number of carbonyl (C=O) groups excluding carboxylic acids is 2. The second-order valence-electron chi connectivity index (χ2n) is 5.91. The number of carbonyl (C=O) groups is 2. The molecule has 0 saturated heterocycles. The lowest BCUT2D eigenvalue weighted by atomic mass is 10.1. The molecular formula is C20H21N3O3. The van der Waals surface area contributed by atoms with Gasteiger partial charge in [-0.2, -0.15) is 0 Å². The molecule has 0 aliphatic heterocycles. The highest BCUT2D eigenvalue weighted by atomic mass is 16.5. The van der Waals surface area contributed by atoms with Gasteiger partial charge >= 0.3 is 0 Å². The maximum Gasteiger partial charge on any atom is 0.256 e. The molecule has 6 nitrogen and oxygen atoms in total. The lowest BCUT2D eigenvalue weighted by molar-refractivity contribution is -0.116. The Kier molecular flexibility index (Phi) is 5.22. The van der Waals surface area contributed by atoms with Crippen LogP contribution in [0.5, 0.6) is 5.75 Å². The van der Waals surface area contributed by atoms with Crippen molar-refractivity contribution in [2.75, 3.05) is 25.5 Å². The molecule has 2 N–H and O–H groups in total. The van der Waals surface area contributed by atoms with Gasteiger partial charge in [-0.05, 0) is 37.3 Å². The van der Waals surface area contributed by atoms with E-state index < -0.39 is 0 Å². The molecule has 0 aliphatic rings. The van der Waals surface area contributed by atoms with Gasteiger partial charge in [0.1, 0.15) is 5.75 Å². The number of ether oxygens (including phenoxy) is 1. The van der Waals surface area contributed by atoms with E-state index in [4.69, 9.17) is 4.74 Å². The van der Waals surface area contributed by atoms with Gasteiger partial charge < -0.3 is 19.9 Å². The fourth-order valence-electron chi connectivity index (χ4n) is 2.74. The van der Waals surface area contributed by atoms with Gasteiger partial charge in [0, 0.05) is 29.8 Å². The predicted molar refractivity (Wildman–Crippen MR) is 101 cm³/mol. The molecule has 0 aliphatic carbocycles. The quantitative estimate of drug-likeness (QED) is 0.716. The largest absolute Gasteiger partial charge is 0.494 e. The van der Waals surface area contributed by atoms with Crippen LogP contribution in [0.4, 0.5) is 5.69 Å². The van der Waals surface area contributed by atoms with E-state index in [1.807, 2.05) is 31.2 Å². The highest BCUT2D eigenvalue weighted by molar-refractivity contribution is 6.08. The van der Waals surface area contributed by atoms with Crippen molar-refractivity contribution in [2.45, 2.75) is 6.92 Å². The molecule has 1 heterocycles. The maximum atomic E-state index is 12.6. The molecule has 0 atom stereocenters. The first kappa shape index (κ1) is 17.5. The summed E-state index contributed by atoms with van der Waals surface area (Å²) >= 11 is 0. The number of aromatic nitrogens is 1. The molecule has 3 rings (SSSR count). The SMILES string of the molecule is CCOc1ccc(NC(=O)CN(C)C(=O)c2c[nH]c3ccccc23)cc1. The van der Waals surface area contributed by atoms with Crippen molar-refractivity contribution in [3.8, 4) is 5.75 Å². The number of nitrogens with one attached hydrogen (secondary N) is 2. The van der Waals surface area contributed by atoms with Crippen LogP contribution in [0.15, 0.2) is 54.7 Å². The van der Waals surface area contributed by atoms with Crippen LogP contribution in [0, 0.1) is 0 Å². The van der Waals surface area contributed by atoms with Crippen molar-refractivity contribution in [3.05, 3.63) is 60.3 Å². The predicted octanol–water partition coefficient (Wildman–Crippen LogP) is 3.28. The van der Waals surface area contributed by atoms with Crippen molar-refractivity contribution >= 4 is 28.4 Å². The molecule has 0 bridgehead atoms. The Hall–Kier alpha value is -3.28. The molecule has 1 aromatic heterocycles. The monoisotopic (exact) mass is 351 g/mol. The molecule has 2 aromatic carbocycles. The number of para-hydroxylation sites is 1. The van der Waals surface area contributed by atoms with E-state index in [9.17, 15) is 9.59 Å². The lowest BCUT2D eigenvalue weighted by Gasteiger charge is -2.16. The van der Waals surface area contributed by atoms with Crippen LogP contribution in [-0.2, 0) is 4.79 Å². The average molecular weight is 351 g/mol. The summed E-state index contributed by atoms with van der Waals surface area (Å²) in [5.74, 6) is 0.284. The third kappa shape index (κ3) is 3.85. The Morgan fingerprint density at radius 3 is 2.58 bits per heavy atom. The number of likely N-dealkylation sites (N-methyl/N-ethyl adjacent to an activating group) is 1. The summed E-state index contributed by atoms with van der Waals surface area (Å²) in [6.45, 7) is 2.47. The van der Waals surface area contributed by atoms with Crippen molar-refractivity contribution in [1.29, 1.82) is 0 Å². The van der Waals surface area contributed by atoms with Crippen LogP contribution in [0.2, 0.25) is 0 Å². The Bertz CT molecular complexity index is 915. The third-order valence-electron chi connectivity index (χ3n) is 4.00. The zero-order valence-corrected chi connectivity index (χ0v) is 14.8. The molecular weight excluding hydrogens is 330 g/mol. The van der Waals surface area contributed by atoms with Crippen LogP contribution in [0.25, 0.3) is 10.9 Å². The number of fused-ring (bicyclic) bond motifs is 1. The second kappa shape index (κ2) is 7.74. The van der Waals surface area contributed by atoms with Gasteiger partial charge in [-0.1, -0.05) is 18.2 Å². The summed E-state index contributed by atoms with van der Waals surface area (Å²) in [5.41, 5.74) is 2.10. The topological polar surface area (TPSA) is 74.4 Å².